The zero-order valence-electron chi connectivity index (χ0n) is 8.31. The Morgan fingerprint density at radius 2 is 2.27 bits per heavy atom. The molecule has 5 heteroatoms. The van der Waals surface area contributed by atoms with Crippen LogP contribution in [-0.4, -0.2) is 21.8 Å². The van der Waals surface area contributed by atoms with Gasteiger partial charge in [-0.25, -0.2) is 9.67 Å². The van der Waals surface area contributed by atoms with E-state index in [4.69, 9.17) is 0 Å². The number of pyridine rings is 1. The lowest BCUT2D eigenvalue weighted by Gasteiger charge is -1.99. The Labute approximate surface area is 96.5 Å². The van der Waals surface area contributed by atoms with Gasteiger partial charge in [0.25, 0.3) is 0 Å². The summed E-state index contributed by atoms with van der Waals surface area (Å²) in [5.41, 5.74) is 1.14. The summed E-state index contributed by atoms with van der Waals surface area (Å²) in [5.74, 6) is 0.820. The number of nitrogens with one attached hydrogen (secondary N) is 1. The van der Waals surface area contributed by atoms with E-state index >= 15 is 0 Å². The van der Waals surface area contributed by atoms with E-state index in [2.05, 4.69) is 31.3 Å². The van der Waals surface area contributed by atoms with E-state index in [9.17, 15) is 0 Å². The van der Waals surface area contributed by atoms with Crippen LogP contribution in [0.1, 0.15) is 5.56 Å². The third kappa shape index (κ3) is 2.43. The van der Waals surface area contributed by atoms with Crippen LogP contribution in [0.25, 0.3) is 5.82 Å². The molecule has 78 valence electrons. The van der Waals surface area contributed by atoms with E-state index in [1.807, 2.05) is 31.6 Å². The highest BCUT2D eigenvalue weighted by Gasteiger charge is 2.00. The standard InChI is InChI=1S/C10H11BrN4/c1-12-4-8-5-14-15(7-8)10-3-2-9(11)6-13-10/h2-3,5-7,12H,4H2,1H3. The number of halogens is 1. The fourth-order valence-electron chi connectivity index (χ4n) is 1.28. The number of aromatic nitrogens is 3. The smallest absolute Gasteiger partial charge is 0.153 e. The minimum absolute atomic E-state index is 0.816. The van der Waals surface area contributed by atoms with E-state index in [0.717, 1.165) is 22.4 Å². The fourth-order valence-corrected chi connectivity index (χ4v) is 1.52. The van der Waals surface area contributed by atoms with Crippen LogP contribution < -0.4 is 5.32 Å². The Morgan fingerprint density at radius 1 is 1.40 bits per heavy atom. The maximum atomic E-state index is 4.26. The predicted octanol–water partition coefficient (Wildman–Crippen LogP) is 1.75. The number of hydrogen-bond acceptors (Lipinski definition) is 3. The Morgan fingerprint density at radius 3 is 2.93 bits per heavy atom. The van der Waals surface area contributed by atoms with Gasteiger partial charge in [0, 0.05) is 29.0 Å². The van der Waals surface area contributed by atoms with Crippen LogP contribution >= 0.6 is 15.9 Å². The van der Waals surface area contributed by atoms with Gasteiger partial charge in [0.05, 0.1) is 6.20 Å². The molecule has 0 amide bonds. The summed E-state index contributed by atoms with van der Waals surface area (Å²) in [4.78, 5) is 4.26. The third-order valence-electron chi connectivity index (χ3n) is 1.96. The normalized spacial score (nSPS) is 10.5. The molecule has 0 bridgehead atoms. The minimum atomic E-state index is 0.816. The van der Waals surface area contributed by atoms with Gasteiger partial charge in [0.1, 0.15) is 0 Å². The molecule has 0 unspecified atom stereocenters. The van der Waals surface area contributed by atoms with Gasteiger partial charge in [-0.1, -0.05) is 0 Å². The van der Waals surface area contributed by atoms with E-state index in [1.165, 1.54) is 0 Å². The molecule has 2 heterocycles. The average Bonchev–Trinajstić information content (AvgIpc) is 2.68. The van der Waals surface area contributed by atoms with Crippen molar-refractivity contribution in [3.8, 4) is 5.82 Å². The molecule has 0 atom stereocenters. The van der Waals surface area contributed by atoms with Crippen LogP contribution in [0.4, 0.5) is 0 Å². The van der Waals surface area contributed by atoms with Gasteiger partial charge in [0.2, 0.25) is 0 Å². The Bertz CT molecular complexity index is 435. The molecule has 0 spiro atoms. The van der Waals surface area contributed by atoms with E-state index in [-0.39, 0.29) is 0 Å². The molecular weight excluding hydrogens is 256 g/mol. The zero-order chi connectivity index (χ0) is 10.7. The van der Waals surface area contributed by atoms with Crippen molar-refractivity contribution in [2.24, 2.45) is 0 Å². The molecule has 0 aliphatic heterocycles. The molecule has 15 heavy (non-hydrogen) atoms. The topological polar surface area (TPSA) is 42.7 Å². The van der Waals surface area contributed by atoms with Crippen LogP contribution in [-0.2, 0) is 6.54 Å². The largest absolute Gasteiger partial charge is 0.316 e. The molecule has 2 rings (SSSR count). The lowest BCUT2D eigenvalue weighted by Crippen LogP contribution is -2.03. The van der Waals surface area contributed by atoms with Gasteiger partial charge in [0.15, 0.2) is 5.82 Å². The Kier molecular flexibility index (Phi) is 3.13. The fraction of sp³-hybridized carbons (Fsp3) is 0.200. The van der Waals surface area contributed by atoms with Crippen molar-refractivity contribution in [2.75, 3.05) is 7.05 Å². The average molecular weight is 267 g/mol. The van der Waals surface area contributed by atoms with Gasteiger partial charge in [-0.2, -0.15) is 5.10 Å². The van der Waals surface area contributed by atoms with E-state index < -0.39 is 0 Å². The first kappa shape index (κ1) is 10.3. The highest BCUT2D eigenvalue weighted by molar-refractivity contribution is 9.10. The van der Waals surface area contributed by atoms with Gasteiger partial charge < -0.3 is 5.32 Å². The second-order valence-electron chi connectivity index (χ2n) is 3.16. The van der Waals surface area contributed by atoms with Crippen molar-refractivity contribution in [2.45, 2.75) is 6.54 Å². The van der Waals surface area contributed by atoms with Gasteiger partial charge in [-0.05, 0) is 35.1 Å². The zero-order valence-corrected chi connectivity index (χ0v) is 9.90. The summed E-state index contributed by atoms with van der Waals surface area (Å²) < 4.78 is 2.73. The lowest BCUT2D eigenvalue weighted by atomic mass is 10.4. The van der Waals surface area contributed by atoms with Crippen molar-refractivity contribution in [1.82, 2.24) is 20.1 Å². The number of rotatable bonds is 3. The summed E-state index contributed by atoms with van der Waals surface area (Å²) in [5, 5.41) is 7.31. The first-order valence-electron chi connectivity index (χ1n) is 4.59. The van der Waals surface area contributed by atoms with Crippen molar-refractivity contribution in [1.29, 1.82) is 0 Å². The number of nitrogens with zero attached hydrogens (tertiary/aromatic N) is 3. The summed E-state index contributed by atoms with van der Waals surface area (Å²) in [7, 11) is 1.91. The van der Waals surface area contributed by atoms with Crippen LogP contribution in [0.5, 0.6) is 0 Å². The van der Waals surface area contributed by atoms with Crippen LogP contribution in [0.3, 0.4) is 0 Å². The SMILES string of the molecule is CNCc1cnn(-c2ccc(Br)cn2)c1. The molecule has 0 aliphatic rings. The molecule has 0 aromatic carbocycles. The van der Waals surface area contributed by atoms with E-state index in [1.54, 1.807) is 10.9 Å². The molecule has 4 nitrogen and oxygen atoms in total. The summed E-state index contributed by atoms with van der Waals surface area (Å²) in [6.07, 6.45) is 5.56. The summed E-state index contributed by atoms with van der Waals surface area (Å²) in [6.45, 7) is 0.816. The Hall–Kier alpha value is -1.20. The Balaban J connectivity index is 2.25. The highest BCUT2D eigenvalue weighted by Crippen LogP contribution is 2.10. The molecule has 1 N–H and O–H groups in total. The minimum Gasteiger partial charge on any atom is -0.316 e. The van der Waals surface area contributed by atoms with Crippen LogP contribution in [0.2, 0.25) is 0 Å². The molecule has 0 fully saturated rings. The van der Waals surface area contributed by atoms with Crippen molar-refractivity contribution in [3.05, 3.63) is 40.8 Å². The second-order valence-corrected chi connectivity index (χ2v) is 4.07. The van der Waals surface area contributed by atoms with Gasteiger partial charge >= 0.3 is 0 Å². The second kappa shape index (κ2) is 4.55. The molecule has 2 aromatic rings. The summed E-state index contributed by atoms with van der Waals surface area (Å²) >= 11 is 3.35. The quantitative estimate of drug-likeness (QED) is 0.921. The van der Waals surface area contributed by atoms with Crippen LogP contribution in [0.15, 0.2) is 35.2 Å². The predicted molar refractivity (Wildman–Crippen MR) is 61.8 cm³/mol. The monoisotopic (exact) mass is 266 g/mol. The number of hydrogen-bond donors (Lipinski definition) is 1. The third-order valence-corrected chi connectivity index (χ3v) is 2.43. The molecular formula is C10H11BrN4. The highest BCUT2D eigenvalue weighted by atomic mass is 79.9. The first-order chi connectivity index (χ1) is 7.29. The van der Waals surface area contributed by atoms with Gasteiger partial charge in [-0.15, -0.1) is 0 Å². The maximum Gasteiger partial charge on any atom is 0.153 e. The van der Waals surface area contributed by atoms with E-state index in [0.29, 0.717) is 0 Å². The molecule has 2 aromatic heterocycles. The molecule has 0 radical (unpaired) electrons. The lowest BCUT2D eigenvalue weighted by molar-refractivity contribution is 0.814. The molecule has 0 saturated carbocycles. The molecule has 0 aliphatic carbocycles. The maximum absolute atomic E-state index is 4.26. The summed E-state index contributed by atoms with van der Waals surface area (Å²) in [6, 6.07) is 3.86. The van der Waals surface area contributed by atoms with Crippen molar-refractivity contribution in [3.63, 3.8) is 0 Å². The molecule has 0 saturated heterocycles. The van der Waals surface area contributed by atoms with Crippen molar-refractivity contribution < 1.29 is 0 Å². The first-order valence-corrected chi connectivity index (χ1v) is 5.39. The van der Waals surface area contributed by atoms with Crippen LogP contribution in [0, 0.1) is 0 Å². The van der Waals surface area contributed by atoms with Crippen molar-refractivity contribution >= 4 is 15.9 Å². The van der Waals surface area contributed by atoms with Gasteiger partial charge in [-0.3, -0.25) is 0 Å².